The zero-order valence-corrected chi connectivity index (χ0v) is 14.7. The highest BCUT2D eigenvalue weighted by Gasteiger charge is 2.16. The van der Waals surface area contributed by atoms with Crippen LogP contribution in [0.25, 0.3) is 16.9 Å². The molecular weight excluding hydrogens is 332 g/mol. The van der Waals surface area contributed by atoms with Gasteiger partial charge in [-0.25, -0.2) is 9.97 Å². The number of nitrogens with zero attached hydrogens (tertiary/aromatic N) is 3. The van der Waals surface area contributed by atoms with E-state index >= 15 is 0 Å². The van der Waals surface area contributed by atoms with Gasteiger partial charge in [-0.2, -0.15) is 0 Å². The Morgan fingerprint density at radius 2 is 2.00 bits per heavy atom. The summed E-state index contributed by atoms with van der Waals surface area (Å²) in [6.45, 7) is 3.82. The Morgan fingerprint density at radius 1 is 1.12 bits per heavy atom. The Bertz CT molecular complexity index is 1080. The van der Waals surface area contributed by atoms with Gasteiger partial charge in [0.05, 0.1) is 16.4 Å². The third-order valence-corrected chi connectivity index (χ3v) is 4.73. The third kappa shape index (κ3) is 2.92. The molecule has 1 amide bonds. The van der Waals surface area contributed by atoms with Crippen LogP contribution in [0.3, 0.4) is 0 Å². The average Bonchev–Trinajstić information content (AvgIpc) is 3.17. The van der Waals surface area contributed by atoms with Crippen LogP contribution >= 0.6 is 11.3 Å². The molecule has 124 valence electrons. The van der Waals surface area contributed by atoms with Gasteiger partial charge in [0.2, 0.25) is 0 Å². The number of nitrogens with one attached hydrogen (secondary N) is 1. The Kier molecular flexibility index (Phi) is 3.82. The van der Waals surface area contributed by atoms with E-state index in [2.05, 4.69) is 15.3 Å². The van der Waals surface area contributed by atoms with Gasteiger partial charge < -0.3 is 5.32 Å². The lowest BCUT2D eigenvalue weighted by atomic mass is 10.1. The van der Waals surface area contributed by atoms with Gasteiger partial charge >= 0.3 is 0 Å². The molecule has 0 aliphatic carbocycles. The highest BCUT2D eigenvalue weighted by molar-refractivity contribution is 7.09. The molecule has 0 saturated carbocycles. The lowest BCUT2D eigenvalue weighted by molar-refractivity contribution is 0.102. The fourth-order valence-electron chi connectivity index (χ4n) is 2.83. The first kappa shape index (κ1) is 15.5. The molecule has 1 aromatic carbocycles. The Morgan fingerprint density at radius 3 is 2.80 bits per heavy atom. The predicted molar refractivity (Wildman–Crippen MR) is 100 cm³/mol. The van der Waals surface area contributed by atoms with Crippen molar-refractivity contribution in [3.63, 3.8) is 0 Å². The quantitative estimate of drug-likeness (QED) is 0.599. The number of carbonyl (C=O) groups is 1. The Labute approximate surface area is 149 Å². The van der Waals surface area contributed by atoms with Crippen LogP contribution in [0.5, 0.6) is 0 Å². The van der Waals surface area contributed by atoms with Crippen molar-refractivity contribution in [3.05, 3.63) is 70.4 Å². The number of benzene rings is 1. The van der Waals surface area contributed by atoms with Gasteiger partial charge in [0, 0.05) is 22.8 Å². The van der Waals surface area contributed by atoms with E-state index in [1.54, 1.807) is 15.7 Å². The standard InChI is InChI=1S/C19H16N4OS/c1-12-18(23-9-4-3-8-17(23)20-12)19(24)22-15-7-5-6-14(10-15)16-11-25-13(2)21-16/h3-11H,1-2H3,(H,22,24). The zero-order valence-electron chi connectivity index (χ0n) is 13.9. The molecular formula is C19H16N4OS. The summed E-state index contributed by atoms with van der Waals surface area (Å²) in [6.07, 6.45) is 1.85. The van der Waals surface area contributed by atoms with Gasteiger partial charge in [-0.3, -0.25) is 9.20 Å². The molecule has 6 heteroatoms. The molecule has 0 fully saturated rings. The summed E-state index contributed by atoms with van der Waals surface area (Å²) in [5.41, 5.74) is 4.65. The second kappa shape index (κ2) is 6.14. The number of hydrogen-bond donors (Lipinski definition) is 1. The number of imidazole rings is 1. The first-order valence-electron chi connectivity index (χ1n) is 7.89. The van der Waals surface area contributed by atoms with Crippen molar-refractivity contribution < 1.29 is 4.79 Å². The first-order chi connectivity index (χ1) is 12.1. The number of aromatic nitrogens is 3. The summed E-state index contributed by atoms with van der Waals surface area (Å²) in [5.74, 6) is -0.178. The first-order valence-corrected chi connectivity index (χ1v) is 8.77. The second-order valence-electron chi connectivity index (χ2n) is 5.76. The molecule has 0 unspecified atom stereocenters. The van der Waals surface area contributed by atoms with Crippen molar-refractivity contribution in [1.82, 2.24) is 14.4 Å². The molecule has 0 bridgehead atoms. The monoisotopic (exact) mass is 348 g/mol. The minimum atomic E-state index is -0.178. The van der Waals surface area contributed by atoms with E-state index in [1.807, 2.05) is 67.9 Å². The van der Waals surface area contributed by atoms with Crippen LogP contribution < -0.4 is 5.32 Å². The fraction of sp³-hybridized carbons (Fsp3) is 0.105. The molecule has 1 N–H and O–H groups in total. The van der Waals surface area contributed by atoms with Crippen LogP contribution in [-0.4, -0.2) is 20.3 Å². The molecule has 3 heterocycles. The van der Waals surface area contributed by atoms with Crippen molar-refractivity contribution in [2.45, 2.75) is 13.8 Å². The predicted octanol–water partition coefficient (Wildman–Crippen LogP) is 4.33. The van der Waals surface area contributed by atoms with E-state index in [4.69, 9.17) is 0 Å². The maximum absolute atomic E-state index is 12.8. The van der Waals surface area contributed by atoms with Crippen LogP contribution in [-0.2, 0) is 0 Å². The smallest absolute Gasteiger partial charge is 0.274 e. The molecule has 25 heavy (non-hydrogen) atoms. The Hall–Kier alpha value is -2.99. The van der Waals surface area contributed by atoms with Crippen LogP contribution in [0.2, 0.25) is 0 Å². The number of hydrogen-bond acceptors (Lipinski definition) is 4. The third-order valence-electron chi connectivity index (χ3n) is 3.95. The molecule has 0 aliphatic rings. The van der Waals surface area contributed by atoms with Gasteiger partial charge in [-0.1, -0.05) is 18.2 Å². The van der Waals surface area contributed by atoms with Gasteiger partial charge in [-0.05, 0) is 38.1 Å². The van der Waals surface area contributed by atoms with Crippen molar-refractivity contribution in [2.24, 2.45) is 0 Å². The highest BCUT2D eigenvalue weighted by Crippen LogP contribution is 2.24. The molecule has 0 spiro atoms. The van der Waals surface area contributed by atoms with Crippen LogP contribution in [0.4, 0.5) is 5.69 Å². The molecule has 4 rings (SSSR count). The summed E-state index contributed by atoms with van der Waals surface area (Å²) >= 11 is 1.61. The number of rotatable bonds is 3. The molecule has 0 atom stereocenters. The lowest BCUT2D eigenvalue weighted by Gasteiger charge is -2.07. The maximum atomic E-state index is 12.8. The number of fused-ring (bicyclic) bond motifs is 1. The summed E-state index contributed by atoms with van der Waals surface area (Å²) in [6, 6.07) is 13.4. The van der Waals surface area contributed by atoms with Crippen LogP contribution in [0, 0.1) is 13.8 Å². The maximum Gasteiger partial charge on any atom is 0.274 e. The molecule has 0 saturated heterocycles. The van der Waals surface area contributed by atoms with E-state index in [1.165, 1.54) is 0 Å². The summed E-state index contributed by atoms with van der Waals surface area (Å²) in [5, 5.41) is 6.01. The largest absolute Gasteiger partial charge is 0.321 e. The van der Waals surface area contributed by atoms with E-state index in [0.29, 0.717) is 11.4 Å². The number of anilines is 1. The van der Waals surface area contributed by atoms with Gasteiger partial charge in [0.1, 0.15) is 11.3 Å². The number of amides is 1. The van der Waals surface area contributed by atoms with Crippen molar-refractivity contribution in [1.29, 1.82) is 0 Å². The number of pyridine rings is 1. The fourth-order valence-corrected chi connectivity index (χ4v) is 3.45. The normalized spacial score (nSPS) is 11.0. The summed E-state index contributed by atoms with van der Waals surface area (Å²) in [4.78, 5) is 21.7. The SMILES string of the molecule is Cc1nc(-c2cccc(NC(=O)c3c(C)nc4ccccn34)c2)cs1. The number of carbonyl (C=O) groups excluding carboxylic acids is 1. The van der Waals surface area contributed by atoms with E-state index < -0.39 is 0 Å². The van der Waals surface area contributed by atoms with Gasteiger partial charge in [0.15, 0.2) is 0 Å². The molecule has 5 nitrogen and oxygen atoms in total. The van der Waals surface area contributed by atoms with Gasteiger partial charge in [0.25, 0.3) is 5.91 Å². The lowest BCUT2D eigenvalue weighted by Crippen LogP contribution is -2.15. The highest BCUT2D eigenvalue weighted by atomic mass is 32.1. The molecule has 4 aromatic rings. The van der Waals surface area contributed by atoms with Crippen LogP contribution in [0.15, 0.2) is 54.0 Å². The number of thiazole rings is 1. The van der Waals surface area contributed by atoms with E-state index in [0.717, 1.165) is 27.6 Å². The summed E-state index contributed by atoms with van der Waals surface area (Å²) < 4.78 is 1.80. The molecule has 0 aliphatic heterocycles. The Balaban J connectivity index is 1.66. The topological polar surface area (TPSA) is 59.3 Å². The molecule has 3 aromatic heterocycles. The minimum Gasteiger partial charge on any atom is -0.321 e. The van der Waals surface area contributed by atoms with Crippen molar-refractivity contribution in [3.8, 4) is 11.3 Å². The van der Waals surface area contributed by atoms with Gasteiger partial charge in [-0.15, -0.1) is 11.3 Å². The minimum absolute atomic E-state index is 0.178. The summed E-state index contributed by atoms with van der Waals surface area (Å²) in [7, 11) is 0. The van der Waals surface area contributed by atoms with E-state index in [-0.39, 0.29) is 5.91 Å². The van der Waals surface area contributed by atoms with E-state index in [9.17, 15) is 4.79 Å². The number of aryl methyl sites for hydroxylation is 2. The van der Waals surface area contributed by atoms with Crippen molar-refractivity contribution in [2.75, 3.05) is 5.32 Å². The molecule has 0 radical (unpaired) electrons. The van der Waals surface area contributed by atoms with Crippen molar-refractivity contribution >= 4 is 28.6 Å². The average molecular weight is 348 g/mol. The zero-order chi connectivity index (χ0) is 17.4. The van der Waals surface area contributed by atoms with Crippen LogP contribution in [0.1, 0.15) is 21.2 Å². The second-order valence-corrected chi connectivity index (χ2v) is 6.82.